The first-order chi connectivity index (χ1) is 14.1. The molecule has 0 bridgehead atoms. The molecule has 0 N–H and O–H groups in total. The van der Waals surface area contributed by atoms with E-state index < -0.39 is 0 Å². The molecule has 0 aliphatic carbocycles. The zero-order valence-electron chi connectivity index (χ0n) is 15.3. The minimum Gasteiger partial charge on any atom is -0.337 e. The summed E-state index contributed by atoms with van der Waals surface area (Å²) in [4.78, 5) is 9.57. The first kappa shape index (κ1) is 19.9. The molecule has 0 radical (unpaired) electrons. The molecule has 0 unspecified atom stereocenters. The molecule has 8 heteroatoms. The van der Waals surface area contributed by atoms with E-state index in [1.807, 2.05) is 32.8 Å². The molecular weight excluding hydrogens is 430 g/mol. The summed E-state index contributed by atoms with van der Waals surface area (Å²) in [5.74, 6) is -0.255. The Morgan fingerprint density at radius 3 is 2.69 bits per heavy atom. The average molecular weight is 447 g/mol. The highest BCUT2D eigenvalue weighted by atomic mass is 35.5. The molecule has 148 valence electrons. The van der Waals surface area contributed by atoms with E-state index in [1.165, 1.54) is 17.4 Å². The number of nitrogens with zero attached hydrogens (tertiary/aromatic N) is 4. The second kappa shape index (κ2) is 8.95. The standard InChI is InChI=1S/C21H17Cl2FN4S/c22-17-7-6-15(12-18(17)23)26-21-28(10-3-9-27-11-8-25-14-27)20(13-29-21)16-4-1-2-5-19(16)24/h1-2,4-8,11-14H,3,9-10H2. The molecular formula is C21H17Cl2FN4S. The monoisotopic (exact) mass is 446 g/mol. The SMILES string of the molecule is Fc1ccccc1-c1csc(=Nc2ccc(Cl)c(Cl)c2)n1CCCn1ccnc1. The van der Waals surface area contributed by atoms with Crippen LogP contribution >= 0.6 is 34.5 Å². The highest BCUT2D eigenvalue weighted by molar-refractivity contribution is 7.07. The lowest BCUT2D eigenvalue weighted by molar-refractivity contribution is 0.557. The van der Waals surface area contributed by atoms with Crippen molar-refractivity contribution < 1.29 is 4.39 Å². The van der Waals surface area contributed by atoms with Gasteiger partial charge in [-0.1, -0.05) is 35.3 Å². The molecule has 0 aliphatic heterocycles. The Labute approximate surface area is 181 Å². The molecule has 2 aromatic carbocycles. The zero-order chi connectivity index (χ0) is 20.2. The minimum absolute atomic E-state index is 0.255. The quantitative estimate of drug-likeness (QED) is 0.348. The number of thiazole rings is 1. The topological polar surface area (TPSA) is 35.1 Å². The molecule has 0 fully saturated rings. The van der Waals surface area contributed by atoms with Crippen LogP contribution in [-0.2, 0) is 13.1 Å². The summed E-state index contributed by atoms with van der Waals surface area (Å²) >= 11 is 13.6. The van der Waals surface area contributed by atoms with Crippen molar-refractivity contribution in [2.75, 3.05) is 0 Å². The third-order valence-corrected chi connectivity index (χ3v) is 6.04. The van der Waals surface area contributed by atoms with Crippen molar-refractivity contribution in [2.24, 2.45) is 4.99 Å². The number of imidazole rings is 1. The predicted molar refractivity (Wildman–Crippen MR) is 116 cm³/mol. The van der Waals surface area contributed by atoms with Gasteiger partial charge in [0.2, 0.25) is 0 Å². The van der Waals surface area contributed by atoms with Crippen molar-refractivity contribution in [1.82, 2.24) is 14.1 Å². The van der Waals surface area contributed by atoms with Crippen molar-refractivity contribution in [3.05, 3.63) is 87.2 Å². The molecule has 4 aromatic rings. The fraction of sp³-hybridized carbons (Fsp3) is 0.143. The molecule has 0 aliphatic rings. The van der Waals surface area contributed by atoms with Gasteiger partial charge in [-0.3, -0.25) is 0 Å². The fourth-order valence-electron chi connectivity index (χ4n) is 3.01. The van der Waals surface area contributed by atoms with Gasteiger partial charge in [-0.05, 0) is 36.8 Å². The number of hydrogen-bond donors (Lipinski definition) is 0. The Morgan fingerprint density at radius 2 is 1.93 bits per heavy atom. The Kier molecular flexibility index (Phi) is 6.13. The van der Waals surface area contributed by atoms with Gasteiger partial charge in [0.1, 0.15) is 5.82 Å². The van der Waals surface area contributed by atoms with Crippen molar-refractivity contribution in [3.63, 3.8) is 0 Å². The Bertz CT molecular complexity index is 1180. The van der Waals surface area contributed by atoms with E-state index in [9.17, 15) is 4.39 Å². The van der Waals surface area contributed by atoms with E-state index in [2.05, 4.69) is 4.98 Å². The van der Waals surface area contributed by atoms with Crippen LogP contribution in [0, 0.1) is 5.82 Å². The predicted octanol–water partition coefficient (Wildman–Crippen LogP) is 6.18. The summed E-state index contributed by atoms with van der Waals surface area (Å²) in [5.41, 5.74) is 2.06. The second-order valence-electron chi connectivity index (χ2n) is 6.40. The van der Waals surface area contributed by atoms with Crippen LogP contribution in [0.4, 0.5) is 10.1 Å². The molecule has 4 nitrogen and oxygen atoms in total. The normalized spacial score (nSPS) is 11.9. The first-order valence-corrected chi connectivity index (χ1v) is 10.6. The Balaban J connectivity index is 1.73. The summed E-state index contributed by atoms with van der Waals surface area (Å²) < 4.78 is 18.5. The molecule has 29 heavy (non-hydrogen) atoms. The van der Waals surface area contributed by atoms with Gasteiger partial charge in [-0.15, -0.1) is 11.3 Å². The number of hydrogen-bond acceptors (Lipinski definition) is 3. The molecule has 0 saturated heterocycles. The van der Waals surface area contributed by atoms with Crippen molar-refractivity contribution in [2.45, 2.75) is 19.5 Å². The van der Waals surface area contributed by atoms with Gasteiger partial charge in [0, 0.05) is 36.4 Å². The number of aryl methyl sites for hydroxylation is 1. The third kappa shape index (κ3) is 4.61. The lowest BCUT2D eigenvalue weighted by Crippen LogP contribution is -2.17. The molecule has 0 spiro atoms. The van der Waals surface area contributed by atoms with Gasteiger partial charge in [0.05, 0.1) is 27.8 Å². The van der Waals surface area contributed by atoms with E-state index >= 15 is 0 Å². The molecule has 0 saturated carbocycles. The van der Waals surface area contributed by atoms with Crippen LogP contribution in [0.5, 0.6) is 0 Å². The van der Waals surface area contributed by atoms with E-state index in [4.69, 9.17) is 28.2 Å². The maximum atomic E-state index is 14.5. The maximum Gasteiger partial charge on any atom is 0.190 e. The van der Waals surface area contributed by atoms with Crippen LogP contribution < -0.4 is 4.80 Å². The van der Waals surface area contributed by atoms with Crippen LogP contribution in [0.15, 0.2) is 71.6 Å². The highest BCUT2D eigenvalue weighted by Crippen LogP contribution is 2.27. The van der Waals surface area contributed by atoms with E-state index in [0.717, 1.165) is 23.5 Å². The van der Waals surface area contributed by atoms with E-state index in [0.29, 0.717) is 27.8 Å². The number of benzene rings is 2. The largest absolute Gasteiger partial charge is 0.337 e. The van der Waals surface area contributed by atoms with E-state index in [1.54, 1.807) is 36.8 Å². The van der Waals surface area contributed by atoms with Crippen molar-refractivity contribution in [1.29, 1.82) is 0 Å². The maximum absolute atomic E-state index is 14.5. The fourth-order valence-corrected chi connectivity index (χ4v) is 4.25. The summed E-state index contributed by atoms with van der Waals surface area (Å²) in [6.45, 7) is 1.50. The third-order valence-electron chi connectivity index (χ3n) is 4.43. The molecule has 0 atom stereocenters. The van der Waals surface area contributed by atoms with Crippen LogP contribution in [-0.4, -0.2) is 14.1 Å². The lowest BCUT2D eigenvalue weighted by atomic mass is 10.1. The second-order valence-corrected chi connectivity index (χ2v) is 8.05. The molecule has 4 rings (SSSR count). The zero-order valence-corrected chi connectivity index (χ0v) is 17.6. The van der Waals surface area contributed by atoms with Gasteiger partial charge in [0.25, 0.3) is 0 Å². The summed E-state index contributed by atoms with van der Waals surface area (Å²) in [5, 5.41) is 2.87. The Morgan fingerprint density at radius 1 is 1.07 bits per heavy atom. The number of aromatic nitrogens is 3. The molecule has 0 amide bonds. The number of halogens is 3. The van der Waals surface area contributed by atoms with Crippen LogP contribution in [0.1, 0.15) is 6.42 Å². The summed E-state index contributed by atoms with van der Waals surface area (Å²) in [6, 6.07) is 12.0. The van der Waals surface area contributed by atoms with E-state index in [-0.39, 0.29) is 5.82 Å². The smallest absolute Gasteiger partial charge is 0.190 e. The summed E-state index contributed by atoms with van der Waals surface area (Å²) in [6.07, 6.45) is 6.32. The van der Waals surface area contributed by atoms with Crippen molar-refractivity contribution in [3.8, 4) is 11.3 Å². The Hall–Kier alpha value is -2.41. The highest BCUT2D eigenvalue weighted by Gasteiger charge is 2.12. The van der Waals surface area contributed by atoms with Gasteiger partial charge in [0.15, 0.2) is 4.80 Å². The first-order valence-electron chi connectivity index (χ1n) is 9.00. The average Bonchev–Trinajstić information content (AvgIpc) is 3.36. The minimum atomic E-state index is -0.255. The van der Waals surface area contributed by atoms with Gasteiger partial charge in [-0.25, -0.2) is 14.4 Å². The van der Waals surface area contributed by atoms with Crippen LogP contribution in [0.3, 0.4) is 0 Å². The van der Waals surface area contributed by atoms with Crippen LogP contribution in [0.2, 0.25) is 10.0 Å². The van der Waals surface area contributed by atoms with Gasteiger partial charge < -0.3 is 9.13 Å². The van der Waals surface area contributed by atoms with Gasteiger partial charge >= 0.3 is 0 Å². The molecule has 2 aromatic heterocycles. The summed E-state index contributed by atoms with van der Waals surface area (Å²) in [7, 11) is 0. The lowest BCUT2D eigenvalue weighted by Gasteiger charge is -2.10. The van der Waals surface area contributed by atoms with Crippen LogP contribution in [0.25, 0.3) is 11.3 Å². The number of rotatable bonds is 6. The molecule has 2 heterocycles. The van der Waals surface area contributed by atoms with Gasteiger partial charge in [-0.2, -0.15) is 0 Å². The van der Waals surface area contributed by atoms with Crippen molar-refractivity contribution >= 4 is 40.2 Å².